The molecule has 1 fully saturated rings. The molecule has 1 aliphatic rings. The van der Waals surface area contributed by atoms with Gasteiger partial charge in [0.1, 0.15) is 5.82 Å². The van der Waals surface area contributed by atoms with Crippen molar-refractivity contribution >= 4 is 21.6 Å². The molecule has 1 aromatic rings. The average molecular weight is 306 g/mol. The number of sulfonamides is 1. The van der Waals surface area contributed by atoms with E-state index in [1.54, 1.807) is 0 Å². The third-order valence-corrected chi connectivity index (χ3v) is 5.24. The second-order valence-corrected chi connectivity index (χ2v) is 7.38. The summed E-state index contributed by atoms with van der Waals surface area (Å²) >= 11 is 6.11. The van der Waals surface area contributed by atoms with Crippen LogP contribution in [0, 0.1) is 5.92 Å². The van der Waals surface area contributed by atoms with Crippen molar-refractivity contribution in [2.75, 3.05) is 6.54 Å². The van der Waals surface area contributed by atoms with E-state index in [1.807, 2.05) is 6.92 Å². The van der Waals surface area contributed by atoms with Gasteiger partial charge in [0.05, 0.1) is 6.20 Å². The zero-order valence-corrected chi connectivity index (χ0v) is 12.6. The highest BCUT2D eigenvalue weighted by molar-refractivity contribution is 7.89. The lowest BCUT2D eigenvalue weighted by Gasteiger charge is -2.25. The first-order valence-corrected chi connectivity index (χ1v) is 8.61. The van der Waals surface area contributed by atoms with E-state index in [4.69, 9.17) is 11.6 Å². The van der Waals surface area contributed by atoms with E-state index in [0.717, 1.165) is 25.7 Å². The van der Waals surface area contributed by atoms with Crippen LogP contribution in [0.2, 0.25) is 0 Å². The van der Waals surface area contributed by atoms with Crippen molar-refractivity contribution in [3.05, 3.63) is 12.0 Å². The fourth-order valence-corrected chi connectivity index (χ4v) is 3.84. The summed E-state index contributed by atoms with van der Waals surface area (Å²) < 4.78 is 26.8. The Hall–Kier alpha value is -0.590. The lowest BCUT2D eigenvalue weighted by molar-refractivity contribution is 0.361. The summed E-state index contributed by atoms with van der Waals surface area (Å²) in [6.07, 6.45) is 6.08. The molecule has 2 N–H and O–H groups in total. The molecule has 1 saturated carbocycles. The molecule has 2 rings (SSSR count). The van der Waals surface area contributed by atoms with Gasteiger partial charge in [0.25, 0.3) is 10.0 Å². The van der Waals surface area contributed by atoms with Crippen LogP contribution in [-0.4, -0.2) is 30.3 Å². The molecule has 0 aliphatic heterocycles. The smallest absolute Gasteiger partial charge is 0.257 e. The van der Waals surface area contributed by atoms with Gasteiger partial charge in [-0.15, -0.1) is 11.6 Å². The minimum atomic E-state index is -3.48. The van der Waals surface area contributed by atoms with E-state index in [0.29, 0.717) is 24.7 Å². The van der Waals surface area contributed by atoms with E-state index < -0.39 is 10.0 Å². The van der Waals surface area contributed by atoms with Crippen LogP contribution >= 0.6 is 11.6 Å². The Bertz CT molecular complexity index is 515. The Morgan fingerprint density at radius 1 is 1.53 bits per heavy atom. The maximum absolute atomic E-state index is 12.1. The second-order valence-electron chi connectivity index (χ2n) is 5.03. The second kappa shape index (κ2) is 6.24. The Labute approximate surface area is 119 Å². The number of nitrogens with zero attached hydrogens (tertiary/aromatic N) is 1. The molecule has 0 bridgehead atoms. The first-order chi connectivity index (χ1) is 9.01. The topological polar surface area (TPSA) is 74.8 Å². The van der Waals surface area contributed by atoms with Crippen molar-refractivity contribution in [3.63, 3.8) is 0 Å². The summed E-state index contributed by atoms with van der Waals surface area (Å²) in [5.41, 5.74) is 0. The fraction of sp³-hybridized carbons (Fsp3) is 0.750. The maximum atomic E-state index is 12.1. The van der Waals surface area contributed by atoms with Gasteiger partial charge in [0, 0.05) is 18.3 Å². The summed E-state index contributed by atoms with van der Waals surface area (Å²) in [5.74, 6) is 1.01. The van der Waals surface area contributed by atoms with Gasteiger partial charge in [-0.2, -0.15) is 0 Å². The van der Waals surface area contributed by atoms with Crippen molar-refractivity contribution < 1.29 is 8.42 Å². The van der Waals surface area contributed by atoms with Crippen LogP contribution in [0.4, 0.5) is 0 Å². The summed E-state index contributed by atoms with van der Waals surface area (Å²) in [7, 11) is -3.48. The lowest BCUT2D eigenvalue weighted by atomic mass is 9.89. The number of aromatic nitrogens is 2. The highest BCUT2D eigenvalue weighted by atomic mass is 35.5. The molecule has 0 aromatic carbocycles. The maximum Gasteiger partial charge on any atom is 0.257 e. The van der Waals surface area contributed by atoms with Crippen LogP contribution in [0.1, 0.15) is 38.4 Å². The molecule has 1 aromatic heterocycles. The monoisotopic (exact) mass is 305 g/mol. The molecule has 19 heavy (non-hydrogen) atoms. The van der Waals surface area contributed by atoms with Crippen molar-refractivity contribution in [1.82, 2.24) is 14.7 Å². The molecule has 5 nitrogen and oxygen atoms in total. The number of H-pyrrole nitrogens is 1. The summed E-state index contributed by atoms with van der Waals surface area (Å²) in [5, 5.41) is 0.324. The number of imidazole rings is 1. The molecule has 1 aliphatic carbocycles. The van der Waals surface area contributed by atoms with E-state index >= 15 is 0 Å². The van der Waals surface area contributed by atoms with E-state index in [2.05, 4.69) is 14.7 Å². The minimum Gasteiger partial charge on any atom is -0.332 e. The SMILES string of the molecule is CCc1ncc(S(=O)(=O)NCC2CCCC(Cl)C2)[nH]1. The van der Waals surface area contributed by atoms with Gasteiger partial charge >= 0.3 is 0 Å². The van der Waals surface area contributed by atoms with Crippen molar-refractivity contribution in [2.45, 2.75) is 49.4 Å². The van der Waals surface area contributed by atoms with Gasteiger partial charge in [-0.1, -0.05) is 13.3 Å². The zero-order valence-electron chi connectivity index (χ0n) is 11.0. The number of hydrogen-bond acceptors (Lipinski definition) is 3. The van der Waals surface area contributed by atoms with Gasteiger partial charge in [-0.25, -0.2) is 18.1 Å². The van der Waals surface area contributed by atoms with Crippen LogP contribution in [-0.2, 0) is 16.4 Å². The molecule has 1 heterocycles. The fourth-order valence-electron chi connectivity index (χ4n) is 2.38. The van der Waals surface area contributed by atoms with Crippen LogP contribution in [0.15, 0.2) is 11.2 Å². The van der Waals surface area contributed by atoms with Gasteiger partial charge in [-0.3, -0.25) is 0 Å². The van der Waals surface area contributed by atoms with E-state index in [1.165, 1.54) is 6.20 Å². The largest absolute Gasteiger partial charge is 0.332 e. The quantitative estimate of drug-likeness (QED) is 0.818. The normalized spacial score (nSPS) is 24.5. The van der Waals surface area contributed by atoms with E-state index in [-0.39, 0.29) is 10.4 Å². The Balaban J connectivity index is 1.93. The number of nitrogens with one attached hydrogen (secondary N) is 2. The van der Waals surface area contributed by atoms with Crippen molar-refractivity contribution in [2.24, 2.45) is 5.92 Å². The van der Waals surface area contributed by atoms with Crippen LogP contribution in [0.25, 0.3) is 0 Å². The number of aryl methyl sites for hydroxylation is 1. The highest BCUT2D eigenvalue weighted by Crippen LogP contribution is 2.27. The van der Waals surface area contributed by atoms with Crippen molar-refractivity contribution in [3.8, 4) is 0 Å². The molecule has 2 unspecified atom stereocenters. The number of hydrogen-bond donors (Lipinski definition) is 2. The summed E-state index contributed by atoms with van der Waals surface area (Å²) in [6, 6.07) is 0. The van der Waals surface area contributed by atoms with Gasteiger partial charge in [0.2, 0.25) is 0 Å². The van der Waals surface area contributed by atoms with Gasteiger partial charge < -0.3 is 4.98 Å². The molecule has 0 amide bonds. The molecule has 0 saturated heterocycles. The molecule has 7 heteroatoms. The van der Waals surface area contributed by atoms with E-state index in [9.17, 15) is 8.42 Å². The molecule has 0 radical (unpaired) electrons. The van der Waals surface area contributed by atoms with Gasteiger partial charge in [0.15, 0.2) is 5.03 Å². The third kappa shape index (κ3) is 3.94. The third-order valence-electron chi connectivity index (χ3n) is 3.51. The molecule has 2 atom stereocenters. The zero-order chi connectivity index (χ0) is 13.9. The lowest BCUT2D eigenvalue weighted by Crippen LogP contribution is -2.32. The standard InChI is InChI=1S/C12H20ClN3O2S/c1-2-11-14-8-12(16-11)19(17,18)15-7-9-4-3-5-10(13)6-9/h8-10,15H,2-7H2,1H3,(H,14,16). The number of aromatic amines is 1. The number of rotatable bonds is 5. The Morgan fingerprint density at radius 3 is 2.95 bits per heavy atom. The Morgan fingerprint density at radius 2 is 2.32 bits per heavy atom. The molecule has 0 spiro atoms. The first kappa shape index (κ1) is 14.8. The summed E-state index contributed by atoms with van der Waals surface area (Å²) in [6.45, 7) is 2.37. The minimum absolute atomic E-state index is 0.141. The van der Waals surface area contributed by atoms with Crippen molar-refractivity contribution in [1.29, 1.82) is 0 Å². The van der Waals surface area contributed by atoms with Crippen LogP contribution in [0.5, 0.6) is 0 Å². The van der Waals surface area contributed by atoms with Gasteiger partial charge in [-0.05, 0) is 25.2 Å². The highest BCUT2D eigenvalue weighted by Gasteiger charge is 2.23. The predicted molar refractivity (Wildman–Crippen MR) is 74.8 cm³/mol. The number of halogens is 1. The molecule has 108 valence electrons. The average Bonchev–Trinajstić information content (AvgIpc) is 2.86. The molecular weight excluding hydrogens is 286 g/mol. The summed E-state index contributed by atoms with van der Waals surface area (Å²) in [4.78, 5) is 6.82. The number of alkyl halides is 1. The van der Waals surface area contributed by atoms with Crippen LogP contribution in [0.3, 0.4) is 0 Å². The van der Waals surface area contributed by atoms with Crippen LogP contribution < -0.4 is 4.72 Å². The Kier molecular flexibility index (Phi) is 4.86. The first-order valence-electron chi connectivity index (χ1n) is 6.69. The predicted octanol–water partition coefficient (Wildman–Crippen LogP) is 2.05. The molecular formula is C12H20ClN3O2S.